The van der Waals surface area contributed by atoms with Crippen molar-refractivity contribution in [3.8, 4) is 11.5 Å². The molecule has 6 heteroatoms. The smallest absolute Gasteiger partial charge is 0.241 e. The van der Waals surface area contributed by atoms with E-state index in [-0.39, 0.29) is 11.4 Å². The van der Waals surface area contributed by atoms with Crippen molar-refractivity contribution in [2.45, 2.75) is 18.7 Å². The Morgan fingerprint density at radius 2 is 1.79 bits per heavy atom. The van der Waals surface area contributed by atoms with Crippen molar-refractivity contribution < 1.29 is 17.9 Å². The minimum absolute atomic E-state index is 0.173. The van der Waals surface area contributed by atoms with Crippen molar-refractivity contribution in [2.75, 3.05) is 20.8 Å². The van der Waals surface area contributed by atoms with Crippen LogP contribution in [0.15, 0.2) is 29.2 Å². The standard InChI is InChI=1S/C13H19NO4S/c1-9(2)8-14-19(15,16)13-7-12(18-5)11(17-4)6-10(13)3/h6-7,14H,1,8H2,2-5H3. The highest BCUT2D eigenvalue weighted by atomic mass is 32.2. The number of nitrogens with one attached hydrogen (secondary N) is 1. The van der Waals surface area contributed by atoms with E-state index in [1.165, 1.54) is 20.3 Å². The van der Waals surface area contributed by atoms with Gasteiger partial charge in [0.15, 0.2) is 11.5 Å². The first-order chi connectivity index (χ1) is 8.81. The molecule has 0 aliphatic heterocycles. The molecule has 0 aromatic heterocycles. The van der Waals surface area contributed by atoms with Crippen molar-refractivity contribution in [3.63, 3.8) is 0 Å². The van der Waals surface area contributed by atoms with Gasteiger partial charge in [-0.05, 0) is 25.5 Å². The van der Waals surface area contributed by atoms with E-state index in [1.807, 2.05) is 0 Å². The molecule has 0 radical (unpaired) electrons. The predicted molar refractivity (Wildman–Crippen MR) is 74.3 cm³/mol. The van der Waals surface area contributed by atoms with E-state index in [1.54, 1.807) is 19.9 Å². The molecule has 0 atom stereocenters. The maximum atomic E-state index is 12.2. The zero-order chi connectivity index (χ0) is 14.6. The Morgan fingerprint density at radius 1 is 1.26 bits per heavy atom. The van der Waals surface area contributed by atoms with Crippen molar-refractivity contribution in [1.82, 2.24) is 4.72 Å². The van der Waals surface area contributed by atoms with Crippen LogP contribution in [0.3, 0.4) is 0 Å². The molecule has 0 amide bonds. The second kappa shape index (κ2) is 6.08. The SMILES string of the molecule is C=C(C)CNS(=O)(=O)c1cc(OC)c(OC)cc1C. The van der Waals surface area contributed by atoms with Crippen LogP contribution < -0.4 is 14.2 Å². The first-order valence-corrected chi connectivity index (χ1v) is 7.16. The molecule has 1 N–H and O–H groups in total. The van der Waals surface area contributed by atoms with Gasteiger partial charge in [0, 0.05) is 12.6 Å². The Kier molecular flexibility index (Phi) is 4.97. The van der Waals surface area contributed by atoms with Gasteiger partial charge in [-0.3, -0.25) is 0 Å². The van der Waals surface area contributed by atoms with E-state index < -0.39 is 10.0 Å². The van der Waals surface area contributed by atoms with E-state index in [9.17, 15) is 8.42 Å². The molecule has 0 spiro atoms. The fourth-order valence-electron chi connectivity index (χ4n) is 1.55. The molecule has 106 valence electrons. The minimum atomic E-state index is -3.59. The number of rotatable bonds is 6. The molecular weight excluding hydrogens is 266 g/mol. The topological polar surface area (TPSA) is 64.6 Å². The lowest BCUT2D eigenvalue weighted by molar-refractivity contribution is 0.353. The van der Waals surface area contributed by atoms with Gasteiger partial charge in [0.25, 0.3) is 0 Å². The third-order valence-electron chi connectivity index (χ3n) is 2.53. The van der Waals surface area contributed by atoms with Gasteiger partial charge in [-0.15, -0.1) is 0 Å². The number of hydrogen-bond acceptors (Lipinski definition) is 4. The molecule has 0 saturated heterocycles. The summed E-state index contributed by atoms with van der Waals surface area (Å²) in [6.07, 6.45) is 0. The summed E-state index contributed by atoms with van der Waals surface area (Å²) in [5.74, 6) is 0.877. The summed E-state index contributed by atoms with van der Waals surface area (Å²) >= 11 is 0. The maximum absolute atomic E-state index is 12.2. The highest BCUT2D eigenvalue weighted by molar-refractivity contribution is 7.89. The van der Waals surface area contributed by atoms with E-state index in [4.69, 9.17) is 9.47 Å². The lowest BCUT2D eigenvalue weighted by Gasteiger charge is -2.13. The second-order valence-electron chi connectivity index (χ2n) is 4.25. The van der Waals surface area contributed by atoms with Crippen LogP contribution in [0.25, 0.3) is 0 Å². The average molecular weight is 285 g/mol. The van der Waals surface area contributed by atoms with Gasteiger partial charge < -0.3 is 9.47 Å². The Hall–Kier alpha value is -1.53. The van der Waals surface area contributed by atoms with Gasteiger partial charge in [-0.2, -0.15) is 0 Å². The van der Waals surface area contributed by atoms with Gasteiger partial charge in [0.1, 0.15) is 0 Å². The van der Waals surface area contributed by atoms with Crippen LogP contribution in [0, 0.1) is 6.92 Å². The van der Waals surface area contributed by atoms with Crippen molar-refractivity contribution in [2.24, 2.45) is 0 Å². The predicted octanol–water partition coefficient (Wildman–Crippen LogP) is 1.87. The highest BCUT2D eigenvalue weighted by Crippen LogP contribution is 2.32. The fraction of sp³-hybridized carbons (Fsp3) is 0.385. The molecule has 0 bridgehead atoms. The van der Waals surface area contributed by atoms with Gasteiger partial charge in [0.2, 0.25) is 10.0 Å². The molecule has 0 heterocycles. The summed E-state index contributed by atoms with van der Waals surface area (Å²) in [6.45, 7) is 7.33. The minimum Gasteiger partial charge on any atom is -0.493 e. The summed E-state index contributed by atoms with van der Waals surface area (Å²) in [4.78, 5) is 0.173. The lowest BCUT2D eigenvalue weighted by atomic mass is 10.2. The quantitative estimate of drug-likeness (QED) is 0.810. The van der Waals surface area contributed by atoms with Gasteiger partial charge in [0.05, 0.1) is 19.1 Å². The van der Waals surface area contributed by atoms with Crippen LogP contribution in [0.5, 0.6) is 11.5 Å². The van der Waals surface area contributed by atoms with E-state index >= 15 is 0 Å². The zero-order valence-corrected chi connectivity index (χ0v) is 12.4. The second-order valence-corrected chi connectivity index (χ2v) is 5.99. The van der Waals surface area contributed by atoms with Crippen molar-refractivity contribution >= 4 is 10.0 Å². The molecule has 0 saturated carbocycles. The van der Waals surface area contributed by atoms with Crippen LogP contribution >= 0.6 is 0 Å². The molecular formula is C13H19NO4S. The lowest BCUT2D eigenvalue weighted by Crippen LogP contribution is -2.26. The highest BCUT2D eigenvalue weighted by Gasteiger charge is 2.19. The Morgan fingerprint density at radius 3 is 2.26 bits per heavy atom. The Labute approximate surface area is 114 Å². The van der Waals surface area contributed by atoms with Crippen LogP contribution in [0.2, 0.25) is 0 Å². The van der Waals surface area contributed by atoms with Crippen molar-refractivity contribution in [1.29, 1.82) is 0 Å². The molecule has 1 aromatic carbocycles. The van der Waals surface area contributed by atoms with Crippen LogP contribution in [-0.2, 0) is 10.0 Å². The summed E-state index contributed by atoms with van der Waals surface area (Å²) in [5, 5.41) is 0. The summed E-state index contributed by atoms with van der Waals surface area (Å²) in [7, 11) is -0.622. The summed E-state index contributed by atoms with van der Waals surface area (Å²) in [5.41, 5.74) is 1.33. The van der Waals surface area contributed by atoms with Gasteiger partial charge in [-0.25, -0.2) is 13.1 Å². The van der Waals surface area contributed by atoms with Crippen LogP contribution in [0.1, 0.15) is 12.5 Å². The molecule has 0 aliphatic carbocycles. The van der Waals surface area contributed by atoms with Gasteiger partial charge in [-0.1, -0.05) is 12.2 Å². The number of benzene rings is 1. The van der Waals surface area contributed by atoms with E-state index in [2.05, 4.69) is 11.3 Å². The molecule has 0 aliphatic rings. The molecule has 0 fully saturated rings. The summed E-state index contributed by atoms with van der Waals surface area (Å²) in [6, 6.07) is 3.09. The Bertz CT molecular complexity index is 579. The van der Waals surface area contributed by atoms with Crippen molar-refractivity contribution in [3.05, 3.63) is 29.8 Å². The largest absolute Gasteiger partial charge is 0.493 e. The summed E-state index contributed by atoms with van der Waals surface area (Å²) < 4.78 is 37.1. The molecule has 1 aromatic rings. The van der Waals surface area contributed by atoms with E-state index in [0.29, 0.717) is 17.1 Å². The number of hydrogen-bond donors (Lipinski definition) is 1. The molecule has 0 unspecified atom stereocenters. The number of aryl methyl sites for hydroxylation is 1. The monoisotopic (exact) mass is 285 g/mol. The average Bonchev–Trinajstić information content (AvgIpc) is 2.35. The first-order valence-electron chi connectivity index (χ1n) is 5.68. The van der Waals surface area contributed by atoms with E-state index in [0.717, 1.165) is 5.57 Å². The van der Waals surface area contributed by atoms with Gasteiger partial charge >= 0.3 is 0 Å². The molecule has 5 nitrogen and oxygen atoms in total. The van der Waals surface area contributed by atoms with Crippen LogP contribution in [-0.4, -0.2) is 29.2 Å². The number of ether oxygens (including phenoxy) is 2. The fourth-order valence-corrected chi connectivity index (χ4v) is 2.88. The zero-order valence-electron chi connectivity index (χ0n) is 11.6. The van der Waals surface area contributed by atoms with Crippen LogP contribution in [0.4, 0.5) is 0 Å². The third kappa shape index (κ3) is 3.71. The number of sulfonamides is 1. The molecule has 1 rings (SSSR count). The normalized spacial score (nSPS) is 11.2. The molecule has 19 heavy (non-hydrogen) atoms. The third-order valence-corrected chi connectivity index (χ3v) is 4.08. The maximum Gasteiger partial charge on any atom is 0.241 e. The Balaban J connectivity index is 3.23. The number of methoxy groups -OCH3 is 2. The first kappa shape index (κ1) is 15.5.